The van der Waals surface area contributed by atoms with E-state index in [1.165, 1.54) is 4.90 Å². The fraction of sp³-hybridized carbons (Fsp3) is 0.560. The van der Waals surface area contributed by atoms with Crippen LogP contribution < -0.4 is 27.4 Å². The van der Waals surface area contributed by atoms with E-state index < -0.39 is 48.1 Å². The molecule has 3 rings (SSSR count). The lowest BCUT2D eigenvalue weighted by Gasteiger charge is -2.28. The zero-order chi connectivity index (χ0) is 27.7. The lowest BCUT2D eigenvalue weighted by molar-refractivity contribution is -0.143. The molecule has 2 saturated heterocycles. The lowest BCUT2D eigenvalue weighted by atomic mass is 10.0. The van der Waals surface area contributed by atoms with Crippen LogP contribution in [0.2, 0.25) is 0 Å². The van der Waals surface area contributed by atoms with Gasteiger partial charge in [0.25, 0.3) is 0 Å². The minimum Gasteiger partial charge on any atom is -0.480 e. The van der Waals surface area contributed by atoms with E-state index in [2.05, 4.69) is 20.9 Å². The lowest BCUT2D eigenvalue weighted by Crippen LogP contribution is -2.57. The fourth-order valence-electron chi connectivity index (χ4n) is 4.77. The van der Waals surface area contributed by atoms with Crippen LogP contribution in [0, 0.1) is 0 Å². The Morgan fingerprint density at radius 3 is 2.50 bits per heavy atom. The number of carbonyl (C=O) groups excluding carboxylic acids is 3. The van der Waals surface area contributed by atoms with Gasteiger partial charge in [-0.05, 0) is 37.7 Å². The minimum atomic E-state index is -1.22. The second-order valence-electron chi connectivity index (χ2n) is 9.64. The van der Waals surface area contributed by atoms with Gasteiger partial charge < -0.3 is 42.5 Å². The molecule has 0 spiro atoms. The first-order valence-electron chi connectivity index (χ1n) is 12.8. The van der Waals surface area contributed by atoms with E-state index >= 15 is 0 Å². The van der Waals surface area contributed by atoms with Gasteiger partial charge in [-0.1, -0.05) is 30.3 Å². The first-order valence-corrected chi connectivity index (χ1v) is 12.8. The third-order valence-corrected chi connectivity index (χ3v) is 6.72. The number of amides is 3. The summed E-state index contributed by atoms with van der Waals surface area (Å²) < 4.78 is 0. The zero-order valence-corrected chi connectivity index (χ0v) is 21.2. The largest absolute Gasteiger partial charge is 0.480 e. The molecule has 1 aromatic carbocycles. The molecule has 0 aromatic heterocycles. The molecule has 0 bridgehead atoms. The van der Waals surface area contributed by atoms with Crippen LogP contribution in [-0.2, 0) is 25.6 Å². The van der Waals surface area contributed by atoms with Crippen molar-refractivity contribution < 1.29 is 29.4 Å². The van der Waals surface area contributed by atoms with Crippen molar-refractivity contribution in [3.8, 4) is 0 Å². The Morgan fingerprint density at radius 1 is 1.13 bits per heavy atom. The third-order valence-electron chi connectivity index (χ3n) is 6.72. The van der Waals surface area contributed by atoms with Gasteiger partial charge in [0.15, 0.2) is 5.96 Å². The molecule has 2 heterocycles. The molecule has 13 heteroatoms. The summed E-state index contributed by atoms with van der Waals surface area (Å²) in [6.07, 6.45) is 1.29. The summed E-state index contributed by atoms with van der Waals surface area (Å²) in [5.74, 6) is -2.70. The van der Waals surface area contributed by atoms with Crippen molar-refractivity contribution in [2.45, 2.75) is 68.8 Å². The van der Waals surface area contributed by atoms with Crippen molar-refractivity contribution >= 4 is 29.7 Å². The van der Waals surface area contributed by atoms with E-state index in [-0.39, 0.29) is 37.7 Å². The van der Waals surface area contributed by atoms with Gasteiger partial charge in [-0.25, -0.2) is 4.79 Å². The van der Waals surface area contributed by atoms with Gasteiger partial charge in [0.2, 0.25) is 17.7 Å². The number of guanidine groups is 1. The molecular formula is C25H37N7O6. The van der Waals surface area contributed by atoms with Crippen molar-refractivity contribution in [2.24, 2.45) is 16.5 Å². The second-order valence-corrected chi connectivity index (χ2v) is 9.64. The second kappa shape index (κ2) is 13.7. The Morgan fingerprint density at radius 2 is 1.87 bits per heavy atom. The maximum absolute atomic E-state index is 13.3. The number of carboxylic acid groups (broad SMARTS) is 1. The van der Waals surface area contributed by atoms with Gasteiger partial charge in [-0.15, -0.1) is 0 Å². The van der Waals surface area contributed by atoms with Crippen LogP contribution in [0.4, 0.5) is 0 Å². The Hall–Kier alpha value is -3.71. The van der Waals surface area contributed by atoms with Crippen LogP contribution in [0.5, 0.6) is 0 Å². The molecule has 2 aliphatic rings. The standard InChI is InChI=1S/C25H37N7O6/c26-25(27)28-10-4-8-17(24(37)38)30-21(34)18(12-15-6-2-1-3-7-15)31-22(35)20-9-5-11-32(20)23(36)19-13-16(33)14-29-19/h1-3,6-7,16-20,29,33H,4-5,8-14H2,(H,30,34)(H,31,35)(H,37,38)(H4,26,27,28)/t16-,17+,18+,19+,20+/m1/s1. The number of hydrogen-bond acceptors (Lipinski definition) is 7. The predicted molar refractivity (Wildman–Crippen MR) is 139 cm³/mol. The molecule has 0 saturated carbocycles. The number of hydrogen-bond donors (Lipinski definition) is 7. The van der Waals surface area contributed by atoms with Crippen molar-refractivity contribution in [2.75, 3.05) is 19.6 Å². The van der Waals surface area contributed by atoms with Crippen LogP contribution in [0.15, 0.2) is 35.3 Å². The maximum atomic E-state index is 13.3. The Balaban J connectivity index is 1.70. The molecular weight excluding hydrogens is 494 g/mol. The topological polar surface area (TPSA) is 212 Å². The van der Waals surface area contributed by atoms with E-state index in [1.54, 1.807) is 24.3 Å². The zero-order valence-electron chi connectivity index (χ0n) is 21.2. The first kappa shape index (κ1) is 28.9. The van der Waals surface area contributed by atoms with Gasteiger partial charge in [-0.3, -0.25) is 19.4 Å². The van der Waals surface area contributed by atoms with E-state index in [0.717, 1.165) is 5.56 Å². The predicted octanol–water partition coefficient (Wildman–Crippen LogP) is -1.95. The van der Waals surface area contributed by atoms with E-state index in [9.17, 15) is 29.4 Å². The van der Waals surface area contributed by atoms with Crippen molar-refractivity contribution in [3.05, 3.63) is 35.9 Å². The number of carbonyl (C=O) groups is 4. The summed E-state index contributed by atoms with van der Waals surface area (Å²) in [5.41, 5.74) is 11.4. The molecule has 2 aliphatic heterocycles. The first-order chi connectivity index (χ1) is 18.2. The highest BCUT2D eigenvalue weighted by atomic mass is 16.4. The van der Waals surface area contributed by atoms with Gasteiger partial charge >= 0.3 is 5.97 Å². The summed E-state index contributed by atoms with van der Waals surface area (Å²) in [5, 5.41) is 27.6. The number of aliphatic hydroxyl groups is 1. The summed E-state index contributed by atoms with van der Waals surface area (Å²) in [6.45, 7) is 0.930. The van der Waals surface area contributed by atoms with Crippen molar-refractivity contribution in [1.82, 2.24) is 20.9 Å². The molecule has 0 unspecified atom stereocenters. The number of likely N-dealkylation sites (tertiary alicyclic amines) is 1. The van der Waals surface area contributed by atoms with E-state index in [0.29, 0.717) is 32.4 Å². The van der Waals surface area contributed by atoms with E-state index in [4.69, 9.17) is 11.5 Å². The van der Waals surface area contributed by atoms with Crippen LogP contribution in [-0.4, -0.2) is 94.7 Å². The molecule has 3 amide bonds. The highest BCUT2D eigenvalue weighted by molar-refractivity contribution is 5.94. The number of nitrogens with one attached hydrogen (secondary N) is 3. The van der Waals surface area contributed by atoms with Gasteiger partial charge in [0.1, 0.15) is 18.1 Å². The summed E-state index contributed by atoms with van der Waals surface area (Å²) >= 11 is 0. The average Bonchev–Trinajstić information content (AvgIpc) is 3.54. The Bertz CT molecular complexity index is 1020. The van der Waals surface area contributed by atoms with Crippen LogP contribution >= 0.6 is 0 Å². The number of β-amino-alcohol motifs (C(OH)–C–C–N with tert-alkyl or cyclic N) is 1. The molecule has 0 aliphatic carbocycles. The van der Waals surface area contributed by atoms with Gasteiger partial charge in [0, 0.05) is 26.1 Å². The monoisotopic (exact) mass is 531 g/mol. The quantitative estimate of drug-likeness (QED) is 0.0906. The average molecular weight is 532 g/mol. The number of aliphatic imine (C=N–C) groups is 1. The number of nitrogens with zero attached hydrogens (tertiary/aromatic N) is 2. The van der Waals surface area contributed by atoms with Crippen molar-refractivity contribution in [1.29, 1.82) is 0 Å². The molecule has 5 atom stereocenters. The third kappa shape index (κ3) is 8.15. The number of carboxylic acids is 1. The van der Waals surface area contributed by atoms with Crippen LogP contribution in [0.1, 0.15) is 37.7 Å². The number of nitrogens with two attached hydrogens (primary N) is 2. The van der Waals surface area contributed by atoms with E-state index in [1.807, 2.05) is 6.07 Å². The molecule has 1 aromatic rings. The molecule has 38 heavy (non-hydrogen) atoms. The number of aliphatic hydroxyl groups excluding tert-OH is 1. The highest BCUT2D eigenvalue weighted by Crippen LogP contribution is 2.21. The summed E-state index contributed by atoms with van der Waals surface area (Å²) in [7, 11) is 0. The fourth-order valence-corrected chi connectivity index (χ4v) is 4.77. The van der Waals surface area contributed by atoms with Gasteiger partial charge in [0.05, 0.1) is 12.1 Å². The number of aliphatic carboxylic acids is 1. The highest BCUT2D eigenvalue weighted by Gasteiger charge is 2.40. The molecule has 9 N–H and O–H groups in total. The number of rotatable bonds is 12. The maximum Gasteiger partial charge on any atom is 0.326 e. The summed E-state index contributed by atoms with van der Waals surface area (Å²) in [6, 6.07) is 5.46. The normalized spacial score (nSPS) is 22.3. The Labute approximate surface area is 221 Å². The molecule has 208 valence electrons. The SMILES string of the molecule is NC(N)=NCCC[C@H](NC(=O)[C@H](Cc1ccccc1)NC(=O)[C@@H]1CCCN1C(=O)[C@@H]1C[C@@H](O)CN1)C(=O)O. The van der Waals surface area contributed by atoms with Crippen molar-refractivity contribution in [3.63, 3.8) is 0 Å². The van der Waals surface area contributed by atoms with Crippen LogP contribution in [0.3, 0.4) is 0 Å². The molecule has 2 fully saturated rings. The molecule has 13 nitrogen and oxygen atoms in total. The minimum absolute atomic E-state index is 0.0923. The number of benzene rings is 1. The Kier molecular flexibility index (Phi) is 10.4. The van der Waals surface area contributed by atoms with Crippen LogP contribution in [0.25, 0.3) is 0 Å². The molecule has 0 radical (unpaired) electrons. The van der Waals surface area contributed by atoms with Gasteiger partial charge in [-0.2, -0.15) is 0 Å². The smallest absolute Gasteiger partial charge is 0.326 e. The summed E-state index contributed by atoms with van der Waals surface area (Å²) in [4.78, 5) is 56.7.